The van der Waals surface area contributed by atoms with Crippen molar-refractivity contribution in [3.05, 3.63) is 59.0 Å². The van der Waals surface area contributed by atoms with E-state index in [1.54, 1.807) is 25.3 Å². The highest BCUT2D eigenvalue weighted by atomic mass is 16.5. The maximum Gasteiger partial charge on any atom is 0.231 e. The first-order chi connectivity index (χ1) is 17.0. The number of hydrogen-bond donors (Lipinski definition) is 2. The minimum absolute atomic E-state index is 0.128. The van der Waals surface area contributed by atoms with Crippen molar-refractivity contribution in [2.24, 2.45) is 0 Å². The molecule has 0 spiro atoms. The number of aryl methyl sites for hydroxylation is 1. The van der Waals surface area contributed by atoms with E-state index in [0.717, 1.165) is 54.9 Å². The van der Waals surface area contributed by atoms with Crippen LogP contribution in [0.1, 0.15) is 28.4 Å². The van der Waals surface area contributed by atoms with E-state index in [9.17, 15) is 9.90 Å². The van der Waals surface area contributed by atoms with Gasteiger partial charge in [0.1, 0.15) is 17.2 Å². The Morgan fingerprint density at radius 2 is 1.89 bits per heavy atom. The van der Waals surface area contributed by atoms with Crippen LogP contribution in [0.25, 0.3) is 17.0 Å². The summed E-state index contributed by atoms with van der Waals surface area (Å²) in [7, 11) is 1.64. The van der Waals surface area contributed by atoms with E-state index < -0.39 is 0 Å². The lowest BCUT2D eigenvalue weighted by Crippen LogP contribution is -2.46. The molecule has 8 nitrogen and oxygen atoms in total. The molecule has 1 fully saturated rings. The fourth-order valence-electron chi connectivity index (χ4n) is 4.93. The van der Waals surface area contributed by atoms with Crippen molar-refractivity contribution in [1.82, 2.24) is 14.4 Å². The lowest BCUT2D eigenvalue weighted by molar-refractivity contribution is 0.101. The van der Waals surface area contributed by atoms with E-state index in [-0.39, 0.29) is 23.9 Å². The molecule has 184 valence electrons. The molecule has 35 heavy (non-hydrogen) atoms. The van der Waals surface area contributed by atoms with E-state index in [0.29, 0.717) is 30.0 Å². The number of ketones is 1. The zero-order valence-electron chi connectivity index (χ0n) is 20.2. The molecule has 0 aliphatic carbocycles. The molecule has 0 atom stereocenters. The Labute approximate surface area is 204 Å². The Morgan fingerprint density at radius 3 is 2.60 bits per heavy atom. The number of aromatic nitrogens is 1. The van der Waals surface area contributed by atoms with Crippen LogP contribution in [0.3, 0.4) is 0 Å². The Hall–Kier alpha value is -3.33. The molecule has 3 heterocycles. The number of carbonyl (C=O) groups excluding carboxylic acids is 1. The minimum Gasteiger partial charge on any atom is -0.507 e. The number of aliphatic hydroxyl groups excluding tert-OH is 1. The summed E-state index contributed by atoms with van der Waals surface area (Å²) in [6.45, 7) is 7.54. The number of aliphatic hydroxyl groups is 1. The van der Waals surface area contributed by atoms with Crippen molar-refractivity contribution >= 4 is 22.8 Å². The third kappa shape index (κ3) is 4.40. The van der Waals surface area contributed by atoms with E-state index in [4.69, 9.17) is 14.6 Å². The molecule has 0 unspecified atom stereocenters. The average Bonchev–Trinajstić information content (AvgIpc) is 3.39. The summed E-state index contributed by atoms with van der Waals surface area (Å²) >= 11 is 0. The van der Waals surface area contributed by atoms with Gasteiger partial charge in [-0.3, -0.25) is 14.6 Å². The van der Waals surface area contributed by atoms with Crippen LogP contribution in [0.2, 0.25) is 0 Å². The van der Waals surface area contributed by atoms with E-state index >= 15 is 0 Å². The number of nitrogens with zero attached hydrogens (tertiary/aromatic N) is 3. The molecule has 5 rings (SSSR count). The van der Waals surface area contributed by atoms with Crippen molar-refractivity contribution in [3.63, 3.8) is 0 Å². The summed E-state index contributed by atoms with van der Waals surface area (Å²) in [6, 6.07) is 9.12. The number of Topliss-reactive ketones (excluding diaryl/α,β-unsaturated/α-hetero) is 1. The first kappa shape index (κ1) is 23.4. The van der Waals surface area contributed by atoms with E-state index in [1.807, 2.05) is 24.4 Å². The number of allylic oxidation sites excluding steroid dienone is 1. The number of ether oxygens (including phenoxy) is 2. The van der Waals surface area contributed by atoms with Crippen molar-refractivity contribution in [3.8, 4) is 17.2 Å². The van der Waals surface area contributed by atoms with Gasteiger partial charge in [0.05, 0.1) is 24.8 Å². The molecule has 1 saturated heterocycles. The minimum atomic E-state index is -0.186. The van der Waals surface area contributed by atoms with Crippen LogP contribution in [0.5, 0.6) is 17.2 Å². The van der Waals surface area contributed by atoms with Gasteiger partial charge in [0.25, 0.3) is 0 Å². The lowest BCUT2D eigenvalue weighted by atomic mass is 10.0. The van der Waals surface area contributed by atoms with Crippen LogP contribution in [0.15, 0.2) is 42.3 Å². The Morgan fingerprint density at radius 1 is 1.11 bits per heavy atom. The molecule has 0 radical (unpaired) electrons. The molecule has 2 N–H and O–H groups in total. The third-order valence-corrected chi connectivity index (χ3v) is 6.93. The highest BCUT2D eigenvalue weighted by Crippen LogP contribution is 2.41. The summed E-state index contributed by atoms with van der Waals surface area (Å²) in [5.74, 6) is 1.38. The third-order valence-electron chi connectivity index (χ3n) is 6.93. The van der Waals surface area contributed by atoms with Crippen LogP contribution >= 0.6 is 0 Å². The first-order valence-electron chi connectivity index (χ1n) is 12.0. The number of methoxy groups -OCH3 is 1. The number of phenols is 1. The van der Waals surface area contributed by atoms with Crippen LogP contribution in [0, 0.1) is 0 Å². The topological polar surface area (TPSA) is 87.4 Å². The summed E-state index contributed by atoms with van der Waals surface area (Å²) in [6.07, 6.45) is 3.80. The highest BCUT2D eigenvalue weighted by Gasteiger charge is 2.32. The van der Waals surface area contributed by atoms with Gasteiger partial charge in [-0.25, -0.2) is 0 Å². The van der Waals surface area contributed by atoms with Gasteiger partial charge in [-0.2, -0.15) is 0 Å². The molecule has 8 heteroatoms. The van der Waals surface area contributed by atoms with Gasteiger partial charge in [-0.15, -0.1) is 0 Å². The van der Waals surface area contributed by atoms with Crippen LogP contribution in [-0.4, -0.2) is 76.8 Å². The van der Waals surface area contributed by atoms with Crippen LogP contribution in [-0.2, 0) is 13.1 Å². The van der Waals surface area contributed by atoms with Crippen molar-refractivity contribution < 1.29 is 24.5 Å². The van der Waals surface area contributed by atoms with E-state index in [1.165, 1.54) is 0 Å². The second kappa shape index (κ2) is 9.73. The van der Waals surface area contributed by atoms with Gasteiger partial charge in [0, 0.05) is 68.5 Å². The van der Waals surface area contributed by atoms with Crippen molar-refractivity contribution in [2.75, 3.05) is 46.4 Å². The highest BCUT2D eigenvalue weighted by molar-refractivity contribution is 6.15. The van der Waals surface area contributed by atoms with Gasteiger partial charge in [-0.05, 0) is 43.3 Å². The number of phenolic OH excluding ortho intramolecular Hbond substituents is 1. The number of piperazine rings is 1. The summed E-state index contributed by atoms with van der Waals surface area (Å²) in [5, 5.41) is 20.8. The predicted octanol–water partition coefficient (Wildman–Crippen LogP) is 3.10. The molecule has 1 aromatic heterocycles. The van der Waals surface area contributed by atoms with Gasteiger partial charge in [0.15, 0.2) is 5.76 Å². The molecule has 0 saturated carbocycles. The largest absolute Gasteiger partial charge is 0.507 e. The number of carbonyl (C=O) groups is 1. The molecular weight excluding hydrogens is 446 g/mol. The summed E-state index contributed by atoms with van der Waals surface area (Å²) in [5.41, 5.74) is 3.04. The number of rotatable bonds is 7. The maximum atomic E-state index is 13.3. The van der Waals surface area contributed by atoms with Gasteiger partial charge >= 0.3 is 0 Å². The fourth-order valence-corrected chi connectivity index (χ4v) is 4.93. The quantitative estimate of drug-likeness (QED) is 0.506. The number of fused-ring (bicyclic) bond motifs is 2. The molecule has 2 aliphatic rings. The predicted molar refractivity (Wildman–Crippen MR) is 134 cm³/mol. The molecule has 0 bridgehead atoms. The lowest BCUT2D eigenvalue weighted by Gasteiger charge is -2.34. The molecular formula is C27H31N3O5. The zero-order valence-corrected chi connectivity index (χ0v) is 20.2. The van der Waals surface area contributed by atoms with Gasteiger partial charge in [-0.1, -0.05) is 0 Å². The van der Waals surface area contributed by atoms with Crippen LogP contribution < -0.4 is 9.47 Å². The molecule has 0 amide bonds. The van der Waals surface area contributed by atoms with E-state index in [2.05, 4.69) is 21.3 Å². The molecule has 2 aliphatic heterocycles. The monoisotopic (exact) mass is 477 g/mol. The standard InChI is InChI=1S/C27H31N3O5/c1-3-30-16-18(21-15-19(34-2)4-6-23(21)30)14-25-26(33)20-5-7-24(32)22(27(20)35-25)17-29-10-8-28(9-11-29)12-13-31/h4-7,14-16,31-32H,3,8-13,17H2,1-2H3/b25-14-. The SMILES string of the molecule is CCn1cc(/C=C2\Oc3c(ccc(O)c3CN3CCN(CCO)CC3)C2=O)c2cc(OC)ccc21. The Kier molecular flexibility index (Phi) is 6.51. The number of hydrogen-bond acceptors (Lipinski definition) is 7. The van der Waals surface area contributed by atoms with Gasteiger partial charge < -0.3 is 24.3 Å². The second-order valence-electron chi connectivity index (χ2n) is 8.97. The smallest absolute Gasteiger partial charge is 0.231 e. The van der Waals surface area contributed by atoms with Crippen LogP contribution in [0.4, 0.5) is 0 Å². The first-order valence-corrected chi connectivity index (χ1v) is 12.0. The molecule has 2 aromatic carbocycles. The number of aromatic hydroxyl groups is 1. The summed E-state index contributed by atoms with van der Waals surface area (Å²) < 4.78 is 13.7. The Bertz CT molecular complexity index is 1290. The number of β-amino-alcohol motifs (C(OH)–C–C–N with tert-alkyl or cyclic N) is 1. The zero-order chi connectivity index (χ0) is 24.5. The Balaban J connectivity index is 1.44. The van der Waals surface area contributed by atoms with Crippen molar-refractivity contribution in [2.45, 2.75) is 20.0 Å². The number of benzene rings is 2. The maximum absolute atomic E-state index is 13.3. The summed E-state index contributed by atoms with van der Waals surface area (Å²) in [4.78, 5) is 17.7. The van der Waals surface area contributed by atoms with Gasteiger partial charge in [0.2, 0.25) is 5.78 Å². The fraction of sp³-hybridized carbons (Fsp3) is 0.370. The normalized spacial score (nSPS) is 17.8. The molecule has 3 aromatic rings. The average molecular weight is 478 g/mol. The second-order valence-corrected chi connectivity index (χ2v) is 8.97. The van der Waals surface area contributed by atoms with Crippen molar-refractivity contribution in [1.29, 1.82) is 0 Å².